The van der Waals surface area contributed by atoms with Crippen molar-refractivity contribution in [3.05, 3.63) is 101 Å². The Hall–Kier alpha value is -2.59. The first-order chi connectivity index (χ1) is 20.2. The lowest BCUT2D eigenvalue weighted by atomic mass is 10.1. The fourth-order valence-corrected chi connectivity index (χ4v) is 7.75. The first-order valence-electron chi connectivity index (χ1n) is 15.0. The minimum Gasteiger partial charge on any atom is -1.00 e. The van der Waals surface area contributed by atoms with E-state index in [1.165, 1.54) is 16.7 Å². The van der Waals surface area contributed by atoms with E-state index in [9.17, 15) is 9.11 Å². The van der Waals surface area contributed by atoms with Crippen LogP contribution in [-0.4, -0.2) is 50.9 Å². The van der Waals surface area contributed by atoms with Crippen molar-refractivity contribution in [2.24, 2.45) is 0 Å². The van der Waals surface area contributed by atoms with E-state index in [1.54, 1.807) is 0 Å². The molecule has 4 aromatic carbocycles. The van der Waals surface area contributed by atoms with Crippen LogP contribution in [-0.2, 0) is 13.1 Å². The lowest BCUT2D eigenvalue weighted by Gasteiger charge is -2.43. The van der Waals surface area contributed by atoms with Gasteiger partial charge in [-0.3, -0.25) is 9.11 Å². The highest BCUT2D eigenvalue weighted by atomic mass is 79.9. The van der Waals surface area contributed by atoms with E-state index in [-0.39, 0.29) is 23.8 Å². The molecule has 2 N–H and O–H groups in total. The summed E-state index contributed by atoms with van der Waals surface area (Å²) in [4.78, 5) is 0.535. The summed E-state index contributed by atoms with van der Waals surface area (Å²) in [7, 11) is -3.26. The van der Waals surface area contributed by atoms with Crippen LogP contribution in [0.25, 0.3) is 10.8 Å². The van der Waals surface area contributed by atoms with Crippen LogP contribution in [0.3, 0.4) is 0 Å². The van der Waals surface area contributed by atoms with Crippen molar-refractivity contribution in [2.45, 2.75) is 58.5 Å². The van der Waals surface area contributed by atoms with Gasteiger partial charge < -0.3 is 30.9 Å². The van der Waals surface area contributed by atoms with Crippen LogP contribution in [0, 0.1) is 13.8 Å². The molecule has 0 atom stereocenters. The van der Waals surface area contributed by atoms with E-state index < -0.39 is 10.8 Å². The number of rotatable bonds is 13. The third kappa shape index (κ3) is 7.74. The summed E-state index contributed by atoms with van der Waals surface area (Å²) in [6.07, 6.45) is 1.84. The molecule has 0 saturated heterocycles. The second-order valence-corrected chi connectivity index (χ2v) is 13.6. The number of halogens is 1. The van der Waals surface area contributed by atoms with E-state index in [4.69, 9.17) is 9.47 Å². The topological polar surface area (TPSA) is 62.2 Å². The van der Waals surface area contributed by atoms with Crippen LogP contribution in [0.1, 0.15) is 48.9 Å². The molecule has 8 heteroatoms. The largest absolute Gasteiger partial charge is 1.00 e. The smallest absolute Gasteiger partial charge is 0.231 e. The van der Waals surface area contributed by atoms with Crippen LogP contribution < -0.4 is 26.5 Å². The first-order valence-corrected chi connectivity index (χ1v) is 16.6. The summed E-state index contributed by atoms with van der Waals surface area (Å²) in [5.41, 5.74) is 4.91. The molecule has 232 valence electrons. The van der Waals surface area contributed by atoms with E-state index >= 15 is 0 Å². The second-order valence-electron chi connectivity index (χ2n) is 11.6. The fraction of sp³-hybridized carbons (Fsp3) is 0.371. The molecule has 0 aromatic heterocycles. The normalized spacial score (nSPS) is 13.4. The van der Waals surface area contributed by atoms with Crippen molar-refractivity contribution in [2.75, 3.05) is 33.0 Å². The Morgan fingerprint density at radius 1 is 0.814 bits per heavy atom. The lowest BCUT2D eigenvalue weighted by molar-refractivity contribution is -0.938. The fourth-order valence-electron chi connectivity index (χ4n) is 6.21. The number of para-hydroxylation sites is 1. The zero-order valence-electron chi connectivity index (χ0n) is 25.8. The van der Waals surface area contributed by atoms with Crippen molar-refractivity contribution in [3.63, 3.8) is 0 Å². The summed E-state index contributed by atoms with van der Waals surface area (Å²) >= 11 is 0. The molecule has 0 radical (unpaired) electrons. The second kappa shape index (κ2) is 14.5. The van der Waals surface area contributed by atoms with E-state index in [1.807, 2.05) is 65.0 Å². The van der Waals surface area contributed by atoms with Gasteiger partial charge in [0.15, 0.2) is 11.5 Å². The monoisotopic (exact) mass is 668 g/mol. The number of fused-ring (bicyclic) bond motifs is 2. The van der Waals surface area contributed by atoms with Crippen LogP contribution in [0.4, 0.5) is 0 Å². The highest BCUT2D eigenvalue weighted by Gasteiger charge is 2.29. The van der Waals surface area contributed by atoms with Gasteiger partial charge in [-0.2, -0.15) is 4.31 Å². The molecule has 1 heterocycles. The molecule has 4 aromatic rings. The maximum Gasteiger partial charge on any atom is 0.231 e. The Morgan fingerprint density at radius 3 is 2.26 bits per heavy atom. The highest BCUT2D eigenvalue weighted by Crippen LogP contribution is 2.53. The standard InChI is InChI=1S/C35H44N2O4S.BrH/c1-5-37(6-2,25-29-21-27(3)20-28(4)22-29)19-10-9-18-36(24-32-14-11-15-34-35(32)41-26-40-34)42(38,39)33-17-16-30-12-7-8-13-31(30)23-33;/h7-8,11-17,20-23H,5-6,9-10,18-19,24-26H2,1-4H3,(H-,38,39);1H. The molecular formula is C35H45BrN2O4S. The molecule has 1 aliphatic rings. The van der Waals surface area contributed by atoms with Gasteiger partial charge in [0.1, 0.15) is 6.54 Å². The Kier molecular flexibility index (Phi) is 11.2. The van der Waals surface area contributed by atoms with Crippen molar-refractivity contribution in [3.8, 4) is 11.5 Å². The third-order valence-electron chi connectivity index (χ3n) is 8.65. The number of hydrogen-bond acceptors (Lipinski definition) is 5. The van der Waals surface area contributed by atoms with Gasteiger partial charge in [0, 0.05) is 24.2 Å². The lowest BCUT2D eigenvalue weighted by Crippen LogP contribution is -3.00. The Morgan fingerprint density at radius 2 is 1.53 bits per heavy atom. The minimum absolute atomic E-state index is 0. The quantitative estimate of drug-likeness (QED) is 0.145. The number of unbranched alkanes of at least 4 members (excludes halogenated alkanes) is 1. The van der Waals surface area contributed by atoms with Gasteiger partial charge in [-0.25, -0.2) is 0 Å². The molecule has 1 aliphatic heterocycles. The number of quaternary nitrogens is 1. The molecule has 0 spiro atoms. The SMILES string of the molecule is CC[N+](CC)(CCCCN(Cc1cccc2c1OCO2)S(O)(O)c1ccc2ccccc2c1)Cc1cc(C)cc(C)c1.[Br-]. The van der Waals surface area contributed by atoms with E-state index in [0.29, 0.717) is 29.5 Å². The molecule has 0 amide bonds. The number of benzene rings is 4. The molecule has 43 heavy (non-hydrogen) atoms. The molecule has 5 rings (SSSR count). The van der Waals surface area contributed by atoms with Crippen molar-refractivity contribution in [1.82, 2.24) is 4.31 Å². The summed E-state index contributed by atoms with van der Waals surface area (Å²) in [6.45, 7) is 14.2. The zero-order valence-corrected chi connectivity index (χ0v) is 28.2. The third-order valence-corrected chi connectivity index (χ3v) is 10.6. The van der Waals surface area contributed by atoms with Gasteiger partial charge in [-0.05, 0) is 69.5 Å². The molecule has 0 fully saturated rings. The molecule has 0 saturated carbocycles. The minimum atomic E-state index is -3.26. The highest BCUT2D eigenvalue weighted by molar-refractivity contribution is 8.22. The van der Waals surface area contributed by atoms with Crippen LogP contribution >= 0.6 is 10.8 Å². The number of aryl methyl sites for hydroxylation is 2. The molecule has 0 bridgehead atoms. The summed E-state index contributed by atoms with van der Waals surface area (Å²) in [5.74, 6) is 1.39. The van der Waals surface area contributed by atoms with Gasteiger partial charge in [0.05, 0.1) is 24.5 Å². The molecule has 0 aliphatic carbocycles. The van der Waals surface area contributed by atoms with E-state index in [2.05, 4.69) is 45.9 Å². The molecular weight excluding hydrogens is 624 g/mol. The average molecular weight is 670 g/mol. The molecule has 0 unspecified atom stereocenters. The van der Waals surface area contributed by atoms with Gasteiger partial charge in [-0.1, -0.05) is 71.8 Å². The van der Waals surface area contributed by atoms with Gasteiger partial charge >= 0.3 is 0 Å². The number of ether oxygens (including phenoxy) is 2. The summed E-state index contributed by atoms with van der Waals surface area (Å²) in [5, 5.41) is 2.07. The van der Waals surface area contributed by atoms with Crippen molar-refractivity contribution >= 4 is 21.5 Å². The number of nitrogens with zero attached hydrogens (tertiary/aromatic N) is 2. The van der Waals surface area contributed by atoms with Crippen LogP contribution in [0.2, 0.25) is 0 Å². The maximum absolute atomic E-state index is 11.8. The maximum atomic E-state index is 11.8. The van der Waals surface area contributed by atoms with Crippen molar-refractivity contribution < 1.29 is 40.0 Å². The molecule has 6 nitrogen and oxygen atoms in total. The summed E-state index contributed by atoms with van der Waals surface area (Å²) < 4.78 is 37.8. The number of hydrogen-bond donors (Lipinski definition) is 2. The van der Waals surface area contributed by atoms with Gasteiger partial charge in [0.25, 0.3) is 0 Å². The predicted molar refractivity (Wildman–Crippen MR) is 173 cm³/mol. The Bertz CT molecular complexity index is 1510. The Labute approximate surface area is 269 Å². The summed E-state index contributed by atoms with van der Waals surface area (Å²) in [6, 6.07) is 26.4. The van der Waals surface area contributed by atoms with Gasteiger partial charge in [0.2, 0.25) is 6.79 Å². The van der Waals surface area contributed by atoms with Crippen molar-refractivity contribution in [1.29, 1.82) is 0 Å². The van der Waals surface area contributed by atoms with E-state index in [0.717, 1.165) is 59.8 Å². The van der Waals surface area contributed by atoms with Crippen LogP contribution in [0.15, 0.2) is 83.8 Å². The van der Waals surface area contributed by atoms with Crippen LogP contribution in [0.5, 0.6) is 11.5 Å². The van der Waals surface area contributed by atoms with Gasteiger partial charge in [-0.15, -0.1) is 10.8 Å². The zero-order chi connectivity index (χ0) is 29.7. The first kappa shape index (κ1) is 33.3. The Balaban J connectivity index is 0.00000423. The predicted octanol–water partition coefficient (Wildman–Crippen LogP) is 5.55. The average Bonchev–Trinajstić information content (AvgIpc) is 3.47.